The third-order valence-electron chi connectivity index (χ3n) is 2.22. The summed E-state index contributed by atoms with van der Waals surface area (Å²) in [5.41, 5.74) is 1.95. The van der Waals surface area contributed by atoms with Gasteiger partial charge in [0, 0.05) is 12.8 Å². The van der Waals surface area contributed by atoms with Crippen molar-refractivity contribution in [1.82, 2.24) is 0 Å². The topological polar surface area (TPSA) is 46.2 Å². The molecule has 3 nitrogen and oxygen atoms in total. The summed E-state index contributed by atoms with van der Waals surface area (Å²) in [5, 5.41) is 3.82. The molecule has 0 radical (unpaired) electrons. The van der Waals surface area contributed by atoms with Crippen molar-refractivity contribution in [3.05, 3.63) is 28.8 Å². The highest BCUT2D eigenvalue weighted by atomic mass is 35.5. The number of hydrogen-bond donors (Lipinski definition) is 1. The molecule has 1 aromatic carbocycles. The van der Waals surface area contributed by atoms with Gasteiger partial charge in [0.15, 0.2) is 0 Å². The molecule has 0 amide bonds. The molecule has 5 heteroatoms. The molecule has 0 saturated heterocycles. The number of rotatable bonds is 5. The summed E-state index contributed by atoms with van der Waals surface area (Å²) in [6.45, 7) is 2.57. The number of benzene rings is 1. The Morgan fingerprint density at radius 2 is 2.06 bits per heavy atom. The van der Waals surface area contributed by atoms with Gasteiger partial charge in [0.25, 0.3) is 0 Å². The predicted molar refractivity (Wildman–Crippen MR) is 69.0 cm³/mol. The maximum absolute atomic E-state index is 10.9. The molecule has 0 spiro atoms. The quantitative estimate of drug-likeness (QED) is 0.829. The predicted octanol–water partition coefficient (Wildman–Crippen LogP) is 2.50. The summed E-state index contributed by atoms with van der Waals surface area (Å²) in [6.07, 6.45) is 1.83. The molecule has 1 N–H and O–H groups in total. The standard InChI is InChI=1S/C11H16ClNO2S/c1-9-5-3-6-10(12)11(9)13-7-4-8-16(2,14)15/h3,5-6,13H,4,7-8H2,1-2H3. The molecule has 0 aromatic heterocycles. The van der Waals surface area contributed by atoms with Gasteiger partial charge in [-0.05, 0) is 25.0 Å². The second-order valence-electron chi connectivity index (χ2n) is 3.84. The van der Waals surface area contributed by atoms with Crippen molar-refractivity contribution in [2.75, 3.05) is 23.9 Å². The first-order chi connectivity index (χ1) is 7.40. The van der Waals surface area contributed by atoms with E-state index in [4.69, 9.17) is 11.6 Å². The number of nitrogens with one attached hydrogen (secondary N) is 1. The number of para-hydroxylation sites is 1. The smallest absolute Gasteiger partial charge is 0.147 e. The SMILES string of the molecule is Cc1cccc(Cl)c1NCCCS(C)(=O)=O. The van der Waals surface area contributed by atoms with E-state index in [-0.39, 0.29) is 5.75 Å². The van der Waals surface area contributed by atoms with E-state index in [0.29, 0.717) is 18.0 Å². The van der Waals surface area contributed by atoms with E-state index >= 15 is 0 Å². The maximum Gasteiger partial charge on any atom is 0.147 e. The minimum atomic E-state index is -2.87. The van der Waals surface area contributed by atoms with Gasteiger partial charge in [-0.1, -0.05) is 23.7 Å². The first kappa shape index (κ1) is 13.3. The largest absolute Gasteiger partial charge is 0.384 e. The number of sulfone groups is 1. The fourth-order valence-corrected chi connectivity index (χ4v) is 2.36. The van der Waals surface area contributed by atoms with Crippen LogP contribution in [0.15, 0.2) is 18.2 Å². The third kappa shape index (κ3) is 4.41. The van der Waals surface area contributed by atoms with E-state index in [2.05, 4.69) is 5.32 Å². The van der Waals surface area contributed by atoms with Crippen LogP contribution in [0.2, 0.25) is 5.02 Å². The minimum Gasteiger partial charge on any atom is -0.384 e. The van der Waals surface area contributed by atoms with Gasteiger partial charge in [-0.3, -0.25) is 0 Å². The molecule has 0 aliphatic carbocycles. The van der Waals surface area contributed by atoms with E-state index in [1.165, 1.54) is 6.26 Å². The van der Waals surface area contributed by atoms with Crippen LogP contribution in [0.5, 0.6) is 0 Å². The zero-order valence-corrected chi connectivity index (χ0v) is 11.0. The molecule has 0 atom stereocenters. The van der Waals surface area contributed by atoms with Crippen molar-refractivity contribution in [2.45, 2.75) is 13.3 Å². The summed E-state index contributed by atoms with van der Waals surface area (Å²) < 4.78 is 21.8. The van der Waals surface area contributed by atoms with E-state index in [1.54, 1.807) is 0 Å². The first-order valence-electron chi connectivity index (χ1n) is 5.07. The van der Waals surface area contributed by atoms with Gasteiger partial charge in [-0.25, -0.2) is 8.42 Å². The van der Waals surface area contributed by atoms with Crippen LogP contribution < -0.4 is 5.32 Å². The second kappa shape index (κ2) is 5.55. The summed E-state index contributed by atoms with van der Waals surface area (Å²) >= 11 is 6.02. The molecular weight excluding hydrogens is 246 g/mol. The fourth-order valence-electron chi connectivity index (χ4n) is 1.40. The number of aryl methyl sites for hydroxylation is 1. The van der Waals surface area contributed by atoms with Crippen LogP contribution in [0, 0.1) is 6.92 Å². The zero-order valence-electron chi connectivity index (χ0n) is 9.46. The Hall–Kier alpha value is -0.740. The Morgan fingerprint density at radius 3 is 2.62 bits per heavy atom. The zero-order chi connectivity index (χ0) is 12.2. The highest BCUT2D eigenvalue weighted by molar-refractivity contribution is 7.90. The Labute approximate surface area is 102 Å². The monoisotopic (exact) mass is 261 g/mol. The van der Waals surface area contributed by atoms with E-state index < -0.39 is 9.84 Å². The van der Waals surface area contributed by atoms with Crippen molar-refractivity contribution >= 4 is 27.1 Å². The summed E-state index contributed by atoms with van der Waals surface area (Å²) in [7, 11) is -2.87. The number of hydrogen-bond acceptors (Lipinski definition) is 3. The summed E-state index contributed by atoms with van der Waals surface area (Å²) in [5.74, 6) is 0.198. The van der Waals surface area contributed by atoms with Crippen LogP contribution in [0.25, 0.3) is 0 Å². The van der Waals surface area contributed by atoms with Crippen molar-refractivity contribution in [3.63, 3.8) is 0 Å². The second-order valence-corrected chi connectivity index (χ2v) is 6.51. The maximum atomic E-state index is 10.9. The van der Waals surface area contributed by atoms with Gasteiger partial charge in [0.2, 0.25) is 0 Å². The van der Waals surface area contributed by atoms with Gasteiger partial charge >= 0.3 is 0 Å². The highest BCUT2D eigenvalue weighted by Gasteiger charge is 2.04. The van der Waals surface area contributed by atoms with Crippen molar-refractivity contribution in [1.29, 1.82) is 0 Å². The van der Waals surface area contributed by atoms with E-state index in [0.717, 1.165) is 11.3 Å². The first-order valence-corrected chi connectivity index (χ1v) is 7.51. The lowest BCUT2D eigenvalue weighted by molar-refractivity contribution is 0.600. The molecule has 0 bridgehead atoms. The van der Waals surface area contributed by atoms with Crippen molar-refractivity contribution in [2.24, 2.45) is 0 Å². The van der Waals surface area contributed by atoms with Crippen LogP contribution >= 0.6 is 11.6 Å². The van der Waals surface area contributed by atoms with Gasteiger partial charge in [0.05, 0.1) is 16.5 Å². The minimum absolute atomic E-state index is 0.198. The Bertz CT molecular complexity index is 437. The van der Waals surface area contributed by atoms with Gasteiger partial charge in [0.1, 0.15) is 9.84 Å². The number of halogens is 1. The molecule has 16 heavy (non-hydrogen) atoms. The van der Waals surface area contributed by atoms with E-state index in [1.807, 2.05) is 25.1 Å². The molecule has 0 heterocycles. The van der Waals surface area contributed by atoms with E-state index in [9.17, 15) is 8.42 Å². The van der Waals surface area contributed by atoms with Crippen molar-refractivity contribution in [3.8, 4) is 0 Å². The Kier molecular flexibility index (Phi) is 4.62. The lowest BCUT2D eigenvalue weighted by Gasteiger charge is -2.10. The third-order valence-corrected chi connectivity index (χ3v) is 3.56. The molecule has 90 valence electrons. The Balaban J connectivity index is 2.49. The lowest BCUT2D eigenvalue weighted by Crippen LogP contribution is -2.10. The fraction of sp³-hybridized carbons (Fsp3) is 0.455. The van der Waals surface area contributed by atoms with Gasteiger partial charge in [-0.2, -0.15) is 0 Å². The van der Waals surface area contributed by atoms with Crippen LogP contribution in [0.3, 0.4) is 0 Å². The molecule has 1 rings (SSSR count). The lowest BCUT2D eigenvalue weighted by atomic mass is 10.2. The Morgan fingerprint density at radius 1 is 1.38 bits per heavy atom. The normalized spacial score (nSPS) is 11.4. The summed E-state index contributed by atoms with van der Waals surface area (Å²) in [6, 6.07) is 5.66. The molecule has 0 saturated carbocycles. The summed E-state index contributed by atoms with van der Waals surface area (Å²) in [4.78, 5) is 0. The number of anilines is 1. The average Bonchev–Trinajstić information content (AvgIpc) is 2.14. The molecule has 0 fully saturated rings. The average molecular weight is 262 g/mol. The van der Waals surface area contributed by atoms with Gasteiger partial charge < -0.3 is 5.32 Å². The van der Waals surface area contributed by atoms with Crippen LogP contribution in [-0.2, 0) is 9.84 Å². The van der Waals surface area contributed by atoms with Crippen molar-refractivity contribution < 1.29 is 8.42 Å². The molecular formula is C11H16ClNO2S. The van der Waals surface area contributed by atoms with Crippen LogP contribution in [0.4, 0.5) is 5.69 Å². The molecule has 1 aromatic rings. The molecule has 0 aliphatic heterocycles. The highest BCUT2D eigenvalue weighted by Crippen LogP contribution is 2.24. The van der Waals surface area contributed by atoms with Gasteiger partial charge in [-0.15, -0.1) is 0 Å². The van der Waals surface area contributed by atoms with Crippen LogP contribution in [-0.4, -0.2) is 27.0 Å². The van der Waals surface area contributed by atoms with Crippen LogP contribution in [0.1, 0.15) is 12.0 Å². The molecule has 0 unspecified atom stereocenters. The molecule has 0 aliphatic rings.